The van der Waals surface area contributed by atoms with Crippen LogP contribution in [0, 0.1) is 0 Å². The van der Waals surface area contributed by atoms with Gasteiger partial charge in [-0.3, -0.25) is 9.80 Å². The van der Waals surface area contributed by atoms with Gasteiger partial charge in [0.1, 0.15) is 0 Å². The number of carbonyl (C=O) groups is 1. The maximum absolute atomic E-state index is 11.5. The van der Waals surface area contributed by atoms with Crippen molar-refractivity contribution in [1.82, 2.24) is 10.4 Å². The average Bonchev–Trinajstić information content (AvgIpc) is 2.17. The Morgan fingerprint density at radius 2 is 2.00 bits per heavy atom. The maximum Gasteiger partial charge on any atom is 0.241 e. The van der Waals surface area contributed by atoms with E-state index < -0.39 is 0 Å². The number of hydrogen-bond acceptors (Lipinski definition) is 2. The molecule has 2 rings (SSSR count). The van der Waals surface area contributed by atoms with Crippen LogP contribution in [0.2, 0.25) is 0 Å². The van der Waals surface area contributed by atoms with Gasteiger partial charge < -0.3 is 0 Å². The molecule has 0 bridgehead atoms. The average molecular weight is 176 g/mol. The highest BCUT2D eigenvalue weighted by Crippen LogP contribution is 2.17. The van der Waals surface area contributed by atoms with Crippen molar-refractivity contribution in [1.29, 1.82) is 0 Å². The van der Waals surface area contributed by atoms with Crippen molar-refractivity contribution in [3.8, 4) is 0 Å². The van der Waals surface area contributed by atoms with Crippen molar-refractivity contribution >= 4 is 5.91 Å². The molecule has 1 aromatic carbocycles. The van der Waals surface area contributed by atoms with Crippen molar-refractivity contribution in [2.45, 2.75) is 13.0 Å². The molecule has 1 aliphatic heterocycles. The monoisotopic (exact) mass is 176 g/mol. The van der Waals surface area contributed by atoms with Crippen molar-refractivity contribution < 1.29 is 4.79 Å². The summed E-state index contributed by atoms with van der Waals surface area (Å²) in [5.41, 5.74) is 5.26. The van der Waals surface area contributed by atoms with E-state index in [0.29, 0.717) is 13.0 Å². The van der Waals surface area contributed by atoms with Gasteiger partial charge in [-0.2, -0.15) is 0 Å². The topological polar surface area (TPSA) is 32.3 Å². The maximum atomic E-state index is 11.5. The predicted molar refractivity (Wildman–Crippen MR) is 49.8 cm³/mol. The predicted octanol–water partition coefficient (Wildman–Crippen LogP) is 0.706. The number of carbonyl (C=O) groups excluding carboxylic acids is 1. The number of benzene rings is 1. The van der Waals surface area contributed by atoms with Crippen LogP contribution in [0.1, 0.15) is 11.1 Å². The minimum Gasteiger partial charge on any atom is -0.274 e. The van der Waals surface area contributed by atoms with Crippen molar-refractivity contribution in [3.63, 3.8) is 0 Å². The number of rotatable bonds is 1. The van der Waals surface area contributed by atoms with Gasteiger partial charge in [-0.1, -0.05) is 24.3 Å². The highest BCUT2D eigenvalue weighted by Gasteiger charge is 2.20. The molecule has 3 heteroatoms. The van der Waals surface area contributed by atoms with Gasteiger partial charge >= 0.3 is 0 Å². The van der Waals surface area contributed by atoms with Gasteiger partial charge in [0.05, 0.1) is 13.0 Å². The number of nitrogens with one attached hydrogen (secondary N) is 1. The highest BCUT2D eigenvalue weighted by molar-refractivity contribution is 5.80. The summed E-state index contributed by atoms with van der Waals surface area (Å²) < 4.78 is 0. The molecule has 13 heavy (non-hydrogen) atoms. The first-order valence-electron chi connectivity index (χ1n) is 4.36. The van der Waals surface area contributed by atoms with Crippen LogP contribution in [0.15, 0.2) is 24.3 Å². The number of nitrogens with zero attached hydrogens (tertiary/aromatic N) is 1. The van der Waals surface area contributed by atoms with Gasteiger partial charge in [0.15, 0.2) is 0 Å². The standard InChI is InChI=1S/C10H12N2O/c1-11-12-7-9-5-3-2-4-8(9)6-10(12)13/h2-5,11H,6-7H2,1H3. The molecule has 0 atom stereocenters. The smallest absolute Gasteiger partial charge is 0.241 e. The molecule has 0 spiro atoms. The van der Waals surface area contributed by atoms with Gasteiger partial charge in [0, 0.05) is 7.05 Å². The summed E-state index contributed by atoms with van der Waals surface area (Å²) in [5, 5.41) is 1.64. The summed E-state index contributed by atoms with van der Waals surface area (Å²) in [5.74, 6) is 0.140. The lowest BCUT2D eigenvalue weighted by Gasteiger charge is -2.27. The fourth-order valence-corrected chi connectivity index (χ4v) is 1.60. The second-order valence-electron chi connectivity index (χ2n) is 3.15. The first-order valence-corrected chi connectivity index (χ1v) is 4.36. The molecule has 3 nitrogen and oxygen atoms in total. The van der Waals surface area contributed by atoms with Crippen LogP contribution in [0.5, 0.6) is 0 Å². The number of fused-ring (bicyclic) bond motifs is 1. The molecule has 1 N–H and O–H groups in total. The molecule has 0 aromatic heterocycles. The zero-order valence-corrected chi connectivity index (χ0v) is 7.58. The number of hydrogen-bond donors (Lipinski definition) is 1. The van der Waals surface area contributed by atoms with E-state index in [1.165, 1.54) is 5.56 Å². The van der Waals surface area contributed by atoms with Gasteiger partial charge in [-0.25, -0.2) is 5.43 Å². The molecule has 1 aromatic rings. The van der Waals surface area contributed by atoms with Crippen molar-refractivity contribution in [2.24, 2.45) is 0 Å². The normalized spacial score (nSPS) is 15.8. The summed E-state index contributed by atoms with van der Waals surface area (Å²) in [6.07, 6.45) is 0.511. The number of hydrazine groups is 1. The van der Waals surface area contributed by atoms with Crippen LogP contribution in [-0.4, -0.2) is 18.0 Å². The third-order valence-corrected chi connectivity index (χ3v) is 2.36. The summed E-state index contributed by atoms with van der Waals surface area (Å²) in [6.45, 7) is 0.672. The van der Waals surface area contributed by atoms with Crippen molar-refractivity contribution in [2.75, 3.05) is 7.05 Å². The molecular formula is C10H12N2O. The van der Waals surface area contributed by atoms with E-state index in [0.717, 1.165) is 5.56 Å². The molecule has 1 aliphatic rings. The van der Waals surface area contributed by atoms with E-state index in [-0.39, 0.29) is 5.91 Å². The molecule has 0 fully saturated rings. The molecule has 0 radical (unpaired) electrons. The van der Waals surface area contributed by atoms with Crippen LogP contribution in [0.25, 0.3) is 0 Å². The van der Waals surface area contributed by atoms with Crippen LogP contribution >= 0.6 is 0 Å². The Bertz CT molecular complexity index is 335. The zero-order chi connectivity index (χ0) is 9.26. The summed E-state index contributed by atoms with van der Waals surface area (Å²) in [6, 6.07) is 8.05. The van der Waals surface area contributed by atoms with E-state index >= 15 is 0 Å². The number of amides is 1. The lowest BCUT2D eigenvalue weighted by Crippen LogP contribution is -2.43. The molecule has 0 saturated heterocycles. The van der Waals surface area contributed by atoms with Crippen LogP contribution < -0.4 is 5.43 Å². The lowest BCUT2D eigenvalue weighted by atomic mass is 10.0. The highest BCUT2D eigenvalue weighted by atomic mass is 16.2. The summed E-state index contributed by atoms with van der Waals surface area (Å²) in [4.78, 5) is 11.5. The van der Waals surface area contributed by atoms with Crippen molar-refractivity contribution in [3.05, 3.63) is 35.4 Å². The third-order valence-electron chi connectivity index (χ3n) is 2.36. The fourth-order valence-electron chi connectivity index (χ4n) is 1.60. The van der Waals surface area contributed by atoms with Crippen LogP contribution in [-0.2, 0) is 17.8 Å². The van der Waals surface area contributed by atoms with Crippen LogP contribution in [0.3, 0.4) is 0 Å². The zero-order valence-electron chi connectivity index (χ0n) is 7.58. The molecular weight excluding hydrogens is 164 g/mol. The largest absolute Gasteiger partial charge is 0.274 e. The van der Waals surface area contributed by atoms with Gasteiger partial charge in [-0.05, 0) is 11.1 Å². The van der Waals surface area contributed by atoms with Crippen LogP contribution in [0.4, 0.5) is 0 Å². The molecule has 0 aliphatic carbocycles. The Hall–Kier alpha value is -1.35. The van der Waals surface area contributed by atoms with E-state index in [9.17, 15) is 4.79 Å². The second kappa shape index (κ2) is 3.18. The van der Waals surface area contributed by atoms with Gasteiger partial charge in [0.25, 0.3) is 0 Å². The minimum absolute atomic E-state index is 0.140. The Morgan fingerprint density at radius 1 is 1.31 bits per heavy atom. The minimum atomic E-state index is 0.140. The van der Waals surface area contributed by atoms with E-state index in [2.05, 4.69) is 11.5 Å². The Balaban J connectivity index is 2.33. The van der Waals surface area contributed by atoms with E-state index in [1.807, 2.05) is 18.2 Å². The SMILES string of the molecule is CNN1Cc2ccccc2CC1=O. The quantitative estimate of drug-likeness (QED) is 0.683. The van der Waals surface area contributed by atoms with Gasteiger partial charge in [0.2, 0.25) is 5.91 Å². The third kappa shape index (κ3) is 1.42. The Kier molecular flexibility index (Phi) is 2.02. The first kappa shape index (κ1) is 8.26. The van der Waals surface area contributed by atoms with E-state index in [4.69, 9.17) is 0 Å². The van der Waals surface area contributed by atoms with Gasteiger partial charge in [-0.15, -0.1) is 0 Å². The summed E-state index contributed by atoms with van der Waals surface area (Å²) >= 11 is 0. The molecule has 0 unspecified atom stereocenters. The fraction of sp³-hybridized carbons (Fsp3) is 0.300. The molecule has 0 saturated carbocycles. The Morgan fingerprint density at radius 3 is 2.69 bits per heavy atom. The molecule has 1 heterocycles. The molecule has 68 valence electrons. The summed E-state index contributed by atoms with van der Waals surface area (Å²) in [7, 11) is 1.77. The second-order valence-corrected chi connectivity index (χ2v) is 3.15. The molecule has 1 amide bonds. The lowest BCUT2D eigenvalue weighted by molar-refractivity contribution is -0.134. The first-order chi connectivity index (χ1) is 6.31. The Labute approximate surface area is 77.3 Å². The van der Waals surface area contributed by atoms with E-state index in [1.54, 1.807) is 12.1 Å².